The van der Waals surface area contributed by atoms with Crippen molar-refractivity contribution in [3.8, 4) is 12.1 Å². The third-order valence-corrected chi connectivity index (χ3v) is 2.13. The largest absolute Gasteiger partial charge is 0.387 e. The average molecular weight is 229 g/mol. The molecule has 0 fully saturated rings. The lowest BCUT2D eigenvalue weighted by Gasteiger charge is -2.17. The fraction of sp³-hybridized carbons (Fsp3) is 0.273. The summed E-state index contributed by atoms with van der Waals surface area (Å²) in [5.41, 5.74) is 0.964. The van der Waals surface area contributed by atoms with E-state index in [0.717, 1.165) is 4.90 Å². The summed E-state index contributed by atoms with van der Waals surface area (Å²) >= 11 is 0. The summed E-state index contributed by atoms with van der Waals surface area (Å²) in [6.45, 7) is -0.241. The third-order valence-electron chi connectivity index (χ3n) is 2.13. The molecular formula is C11H11N5O. The predicted molar refractivity (Wildman–Crippen MR) is 60.9 cm³/mol. The molecule has 0 spiro atoms. The van der Waals surface area contributed by atoms with Gasteiger partial charge in [-0.05, 0) is 6.07 Å². The van der Waals surface area contributed by atoms with Crippen molar-refractivity contribution in [2.45, 2.75) is 0 Å². The van der Waals surface area contributed by atoms with E-state index in [2.05, 4.69) is 10.3 Å². The zero-order valence-corrected chi connectivity index (χ0v) is 9.34. The highest BCUT2D eigenvalue weighted by atomic mass is 16.2. The van der Waals surface area contributed by atoms with Gasteiger partial charge in [0.1, 0.15) is 13.1 Å². The van der Waals surface area contributed by atoms with Gasteiger partial charge in [-0.2, -0.15) is 10.5 Å². The predicted octanol–water partition coefficient (Wildman–Crippen LogP) is 0.613. The number of carbonyl (C=O) groups excluding carboxylic acids is 1. The van der Waals surface area contributed by atoms with Gasteiger partial charge < -0.3 is 10.2 Å². The van der Waals surface area contributed by atoms with Crippen molar-refractivity contribution < 1.29 is 4.79 Å². The van der Waals surface area contributed by atoms with Crippen molar-refractivity contribution in [2.24, 2.45) is 0 Å². The number of pyridine rings is 1. The first-order chi connectivity index (χ1) is 8.24. The molecule has 1 aromatic heterocycles. The normalized spacial score (nSPS) is 8.88. The minimum Gasteiger partial charge on any atom is -0.387 e. The van der Waals surface area contributed by atoms with E-state index in [1.165, 1.54) is 6.20 Å². The molecule has 0 aliphatic carbocycles. The van der Waals surface area contributed by atoms with Gasteiger partial charge in [0.2, 0.25) is 0 Å². The van der Waals surface area contributed by atoms with Crippen LogP contribution in [0.5, 0.6) is 0 Å². The van der Waals surface area contributed by atoms with Gasteiger partial charge in [0.25, 0.3) is 5.91 Å². The third kappa shape index (κ3) is 2.93. The quantitative estimate of drug-likeness (QED) is 0.763. The second-order valence-corrected chi connectivity index (χ2v) is 3.15. The molecule has 1 amide bonds. The van der Waals surface area contributed by atoms with E-state index in [0.29, 0.717) is 11.3 Å². The summed E-state index contributed by atoms with van der Waals surface area (Å²) in [6, 6.07) is 5.36. The van der Waals surface area contributed by atoms with Gasteiger partial charge >= 0.3 is 0 Å². The van der Waals surface area contributed by atoms with E-state index >= 15 is 0 Å². The van der Waals surface area contributed by atoms with Crippen molar-refractivity contribution >= 4 is 11.6 Å². The summed E-state index contributed by atoms with van der Waals surface area (Å²) < 4.78 is 0. The number of rotatable bonds is 4. The first-order valence-corrected chi connectivity index (χ1v) is 4.89. The zero-order valence-electron chi connectivity index (χ0n) is 9.34. The van der Waals surface area contributed by atoms with Crippen LogP contribution < -0.4 is 5.32 Å². The summed E-state index contributed by atoms with van der Waals surface area (Å²) in [5, 5.41) is 20.1. The van der Waals surface area contributed by atoms with Crippen LogP contribution in [-0.2, 0) is 0 Å². The topological polar surface area (TPSA) is 92.8 Å². The van der Waals surface area contributed by atoms with Crippen LogP contribution >= 0.6 is 0 Å². The van der Waals surface area contributed by atoms with Gasteiger partial charge in [-0.1, -0.05) is 0 Å². The van der Waals surface area contributed by atoms with E-state index in [1.54, 1.807) is 19.3 Å². The van der Waals surface area contributed by atoms with Gasteiger partial charge in [0, 0.05) is 25.1 Å². The van der Waals surface area contributed by atoms with E-state index < -0.39 is 0 Å². The number of hydrogen-bond acceptors (Lipinski definition) is 5. The van der Waals surface area contributed by atoms with E-state index in [4.69, 9.17) is 10.5 Å². The molecular weight excluding hydrogens is 218 g/mol. The number of aromatic nitrogens is 1. The Kier molecular flexibility index (Phi) is 4.46. The molecule has 0 saturated heterocycles. The molecule has 86 valence electrons. The Morgan fingerprint density at radius 1 is 1.47 bits per heavy atom. The molecule has 6 nitrogen and oxygen atoms in total. The average Bonchev–Trinajstić information content (AvgIpc) is 2.37. The van der Waals surface area contributed by atoms with Gasteiger partial charge in [0.15, 0.2) is 0 Å². The van der Waals surface area contributed by atoms with Gasteiger partial charge in [-0.25, -0.2) is 0 Å². The van der Waals surface area contributed by atoms with Crippen LogP contribution in [0.3, 0.4) is 0 Å². The SMILES string of the molecule is CNc1ccncc1C(=O)N(CC#N)CC#N. The lowest BCUT2D eigenvalue weighted by molar-refractivity contribution is 0.0795. The molecule has 0 unspecified atom stereocenters. The maximum atomic E-state index is 12.0. The molecule has 0 saturated carbocycles. The number of nitrogens with zero attached hydrogens (tertiary/aromatic N) is 4. The molecule has 0 aromatic carbocycles. The standard InChI is InChI=1S/C11H11N5O/c1-14-10-2-5-15-8-9(10)11(17)16(6-3-12)7-4-13/h2,5,8H,6-7H2,1H3,(H,14,15). The highest BCUT2D eigenvalue weighted by Crippen LogP contribution is 2.14. The molecule has 0 aliphatic rings. The van der Waals surface area contributed by atoms with Crippen molar-refractivity contribution in [3.05, 3.63) is 24.0 Å². The molecule has 1 rings (SSSR count). The Labute approximate surface area is 99.1 Å². The number of anilines is 1. The summed E-state index contributed by atoms with van der Waals surface area (Å²) in [5.74, 6) is -0.384. The molecule has 0 bridgehead atoms. The second-order valence-electron chi connectivity index (χ2n) is 3.15. The lowest BCUT2D eigenvalue weighted by atomic mass is 10.2. The fourth-order valence-corrected chi connectivity index (χ4v) is 1.32. The number of carbonyl (C=O) groups is 1. The summed E-state index contributed by atoms with van der Waals surface area (Å²) in [6.07, 6.45) is 2.97. The van der Waals surface area contributed by atoms with Crippen LogP contribution in [0.2, 0.25) is 0 Å². The molecule has 17 heavy (non-hydrogen) atoms. The maximum absolute atomic E-state index is 12.0. The first-order valence-electron chi connectivity index (χ1n) is 4.89. The van der Waals surface area contributed by atoms with Crippen LogP contribution in [0.1, 0.15) is 10.4 Å². The van der Waals surface area contributed by atoms with Crippen molar-refractivity contribution in [3.63, 3.8) is 0 Å². The van der Waals surface area contributed by atoms with E-state index in [9.17, 15) is 4.79 Å². The summed E-state index contributed by atoms with van der Waals surface area (Å²) in [4.78, 5) is 17.1. The van der Waals surface area contributed by atoms with Crippen LogP contribution in [0.4, 0.5) is 5.69 Å². The van der Waals surface area contributed by atoms with Crippen molar-refractivity contribution in [2.75, 3.05) is 25.5 Å². The zero-order chi connectivity index (χ0) is 12.7. The van der Waals surface area contributed by atoms with E-state index in [1.807, 2.05) is 12.1 Å². The van der Waals surface area contributed by atoms with Crippen LogP contribution in [0, 0.1) is 22.7 Å². The highest BCUT2D eigenvalue weighted by Gasteiger charge is 2.18. The van der Waals surface area contributed by atoms with Gasteiger partial charge in [0.05, 0.1) is 17.7 Å². The number of amides is 1. The highest BCUT2D eigenvalue weighted by molar-refractivity contribution is 5.99. The Hall–Kier alpha value is -2.60. The molecule has 1 aromatic rings. The molecule has 6 heteroatoms. The van der Waals surface area contributed by atoms with Crippen molar-refractivity contribution in [1.29, 1.82) is 10.5 Å². The van der Waals surface area contributed by atoms with Crippen LogP contribution in [0.15, 0.2) is 18.5 Å². The fourth-order valence-electron chi connectivity index (χ4n) is 1.32. The number of nitrogens with one attached hydrogen (secondary N) is 1. The summed E-state index contributed by atoms with van der Waals surface area (Å²) in [7, 11) is 1.69. The Morgan fingerprint density at radius 3 is 2.65 bits per heavy atom. The Bertz CT molecular complexity index is 469. The Balaban J connectivity index is 3.02. The minimum absolute atomic E-state index is 0.121. The number of nitriles is 2. The minimum atomic E-state index is -0.384. The molecule has 0 atom stereocenters. The smallest absolute Gasteiger partial charge is 0.259 e. The maximum Gasteiger partial charge on any atom is 0.259 e. The molecule has 1 N–H and O–H groups in total. The molecule has 0 radical (unpaired) electrons. The Morgan fingerprint density at radius 2 is 2.12 bits per heavy atom. The first kappa shape index (κ1) is 12.5. The lowest BCUT2D eigenvalue weighted by Crippen LogP contribution is -2.32. The van der Waals surface area contributed by atoms with E-state index in [-0.39, 0.29) is 19.0 Å². The molecule has 1 heterocycles. The van der Waals surface area contributed by atoms with Crippen molar-refractivity contribution in [1.82, 2.24) is 9.88 Å². The second kappa shape index (κ2) is 6.09. The van der Waals surface area contributed by atoms with Gasteiger partial charge in [-0.15, -0.1) is 0 Å². The number of hydrogen-bond donors (Lipinski definition) is 1. The van der Waals surface area contributed by atoms with Crippen LogP contribution in [-0.4, -0.2) is 35.9 Å². The monoisotopic (exact) mass is 229 g/mol. The molecule has 0 aliphatic heterocycles. The van der Waals surface area contributed by atoms with Gasteiger partial charge in [-0.3, -0.25) is 9.78 Å². The van der Waals surface area contributed by atoms with Crippen LogP contribution in [0.25, 0.3) is 0 Å².